The van der Waals surface area contributed by atoms with E-state index in [9.17, 15) is 4.79 Å². The number of nitrogens with zero attached hydrogens (tertiary/aromatic N) is 3. The van der Waals surface area contributed by atoms with Crippen molar-refractivity contribution in [3.05, 3.63) is 60.9 Å². The quantitative estimate of drug-likeness (QED) is 0.385. The predicted octanol–water partition coefficient (Wildman–Crippen LogP) is 4.14. The van der Waals surface area contributed by atoms with E-state index in [1.165, 1.54) is 0 Å². The number of benzene rings is 2. The lowest BCUT2D eigenvalue weighted by Crippen LogP contribution is -2.41. The number of rotatable bonds is 8. The highest BCUT2D eigenvalue weighted by molar-refractivity contribution is 5.91. The number of nitrogens with one attached hydrogen (secondary N) is 2. The van der Waals surface area contributed by atoms with Gasteiger partial charge in [0.15, 0.2) is 17.3 Å². The van der Waals surface area contributed by atoms with Crippen LogP contribution in [0.2, 0.25) is 0 Å². The molecule has 0 saturated heterocycles. The number of carbonyl (C=O) groups is 1. The molecular formula is C26H31N5O3. The molecule has 0 spiro atoms. The fraction of sp³-hybridized carbons (Fsp3) is 0.346. The highest BCUT2D eigenvalue weighted by Gasteiger charge is 2.25. The number of aromatic nitrogens is 2. The molecule has 1 aliphatic rings. The van der Waals surface area contributed by atoms with Gasteiger partial charge in [-0.1, -0.05) is 30.8 Å². The first-order chi connectivity index (χ1) is 16.4. The van der Waals surface area contributed by atoms with E-state index in [1.807, 2.05) is 55.4 Å². The first kappa shape index (κ1) is 23.4. The molecule has 1 saturated carbocycles. The zero-order valence-electron chi connectivity index (χ0n) is 19.9. The van der Waals surface area contributed by atoms with Crippen molar-refractivity contribution in [2.24, 2.45) is 0 Å². The van der Waals surface area contributed by atoms with Gasteiger partial charge in [0.2, 0.25) is 5.95 Å². The zero-order chi connectivity index (χ0) is 24.1. The number of hydrogen-bond donors (Lipinski definition) is 2. The molecule has 1 heterocycles. The fourth-order valence-electron chi connectivity index (χ4n) is 4.18. The Balaban J connectivity index is 1.31. The molecular weight excluding hydrogens is 430 g/mol. The van der Waals surface area contributed by atoms with Crippen molar-refractivity contribution in [2.75, 3.05) is 31.4 Å². The van der Waals surface area contributed by atoms with E-state index in [0.717, 1.165) is 42.4 Å². The molecule has 1 amide bonds. The van der Waals surface area contributed by atoms with Crippen LogP contribution in [0.1, 0.15) is 25.7 Å². The average Bonchev–Trinajstić information content (AvgIpc) is 2.85. The van der Waals surface area contributed by atoms with Crippen molar-refractivity contribution in [1.82, 2.24) is 15.3 Å². The number of fused-ring (bicyclic) bond motifs is 1. The average molecular weight is 462 g/mol. The van der Waals surface area contributed by atoms with Gasteiger partial charge in [-0.25, -0.2) is 4.98 Å². The molecule has 178 valence electrons. The largest absolute Gasteiger partial charge is 0.493 e. The summed E-state index contributed by atoms with van der Waals surface area (Å²) in [6, 6.07) is 15.5. The fourth-order valence-corrected chi connectivity index (χ4v) is 4.18. The van der Waals surface area contributed by atoms with Gasteiger partial charge in [0.05, 0.1) is 12.6 Å². The monoisotopic (exact) mass is 461 g/mol. The van der Waals surface area contributed by atoms with Gasteiger partial charge in [0.25, 0.3) is 5.91 Å². The minimum atomic E-state index is -0.309. The summed E-state index contributed by atoms with van der Waals surface area (Å²) in [6.45, 7) is 3.79. The Bertz CT molecular complexity index is 1170. The number of anilines is 2. The second kappa shape index (κ2) is 10.4. The van der Waals surface area contributed by atoms with E-state index in [1.54, 1.807) is 19.2 Å². The summed E-state index contributed by atoms with van der Waals surface area (Å²) in [5.41, 5.74) is 0.915. The Labute approximate surface area is 200 Å². The maximum atomic E-state index is 12.6. The summed E-state index contributed by atoms with van der Waals surface area (Å²) in [4.78, 5) is 24.0. The Kier molecular flexibility index (Phi) is 7.15. The van der Waals surface area contributed by atoms with Gasteiger partial charge in [-0.3, -0.25) is 4.79 Å². The van der Waals surface area contributed by atoms with Crippen molar-refractivity contribution in [3.8, 4) is 11.5 Å². The lowest BCUT2D eigenvalue weighted by molar-refractivity contribution is -0.120. The van der Waals surface area contributed by atoms with E-state index in [2.05, 4.69) is 17.2 Å². The van der Waals surface area contributed by atoms with Crippen LogP contribution in [0.4, 0.5) is 11.8 Å². The first-order valence-electron chi connectivity index (χ1n) is 11.5. The summed E-state index contributed by atoms with van der Waals surface area (Å²) in [5, 5.41) is 7.56. The third-order valence-corrected chi connectivity index (χ3v) is 5.96. The molecule has 2 aromatic carbocycles. The molecule has 34 heavy (non-hydrogen) atoms. The highest BCUT2D eigenvalue weighted by Crippen LogP contribution is 2.28. The number of carbonyl (C=O) groups excluding carboxylic acids is 1. The van der Waals surface area contributed by atoms with Gasteiger partial charge >= 0.3 is 0 Å². The van der Waals surface area contributed by atoms with Crippen LogP contribution < -0.4 is 25.0 Å². The standard InChI is InChI=1S/C26H31N5O3/c1-17(34-23-12-8-7-11-22(23)33-4)25(32)27-18-13-15-19(16-14-18)28-26-29-21-10-6-5-9-20(21)24(30-26)31(2)3/h5-12,18-19H,1,13-16H2,2-4H3,(H,27,32)(H,28,29,30). The summed E-state index contributed by atoms with van der Waals surface area (Å²) in [5.74, 6) is 2.28. The Morgan fingerprint density at radius 3 is 2.32 bits per heavy atom. The van der Waals surface area contributed by atoms with Crippen LogP contribution in [0, 0.1) is 0 Å². The molecule has 8 heteroatoms. The second-order valence-electron chi connectivity index (χ2n) is 8.62. The molecule has 0 bridgehead atoms. The van der Waals surface area contributed by atoms with Gasteiger partial charge in [0.1, 0.15) is 5.82 Å². The molecule has 0 aliphatic heterocycles. The van der Waals surface area contributed by atoms with Gasteiger partial charge in [-0.05, 0) is 49.9 Å². The van der Waals surface area contributed by atoms with Crippen molar-refractivity contribution < 1.29 is 14.3 Å². The maximum absolute atomic E-state index is 12.6. The molecule has 4 rings (SSSR count). The van der Waals surface area contributed by atoms with Crippen LogP contribution in [-0.2, 0) is 4.79 Å². The third kappa shape index (κ3) is 5.39. The van der Waals surface area contributed by atoms with Crippen LogP contribution in [0.3, 0.4) is 0 Å². The molecule has 0 atom stereocenters. The van der Waals surface area contributed by atoms with Crippen LogP contribution in [-0.4, -0.2) is 49.2 Å². The van der Waals surface area contributed by atoms with Crippen molar-refractivity contribution in [1.29, 1.82) is 0 Å². The topological polar surface area (TPSA) is 88.6 Å². The molecule has 0 radical (unpaired) electrons. The smallest absolute Gasteiger partial charge is 0.286 e. The third-order valence-electron chi connectivity index (χ3n) is 5.96. The number of methoxy groups -OCH3 is 1. The summed E-state index contributed by atoms with van der Waals surface area (Å²) in [6.07, 6.45) is 3.50. The number of ether oxygens (including phenoxy) is 2. The van der Waals surface area contributed by atoms with Crippen molar-refractivity contribution in [2.45, 2.75) is 37.8 Å². The molecule has 1 fully saturated rings. The molecule has 2 N–H and O–H groups in total. The van der Waals surface area contributed by atoms with Gasteiger partial charge in [-0.15, -0.1) is 0 Å². The van der Waals surface area contributed by atoms with Crippen molar-refractivity contribution >= 4 is 28.6 Å². The van der Waals surface area contributed by atoms with Crippen LogP contribution in [0.25, 0.3) is 10.9 Å². The molecule has 0 unspecified atom stereocenters. The number of para-hydroxylation sites is 3. The second-order valence-corrected chi connectivity index (χ2v) is 8.62. The number of hydrogen-bond acceptors (Lipinski definition) is 7. The summed E-state index contributed by atoms with van der Waals surface area (Å²) < 4.78 is 10.9. The molecule has 3 aromatic rings. The van der Waals surface area contributed by atoms with E-state index >= 15 is 0 Å². The van der Waals surface area contributed by atoms with Crippen LogP contribution >= 0.6 is 0 Å². The van der Waals surface area contributed by atoms with E-state index in [4.69, 9.17) is 19.4 Å². The SMILES string of the molecule is C=C(Oc1ccccc1OC)C(=O)NC1CCC(Nc2nc(N(C)C)c3ccccc3n2)CC1. The van der Waals surface area contributed by atoms with Gasteiger partial charge < -0.3 is 25.0 Å². The molecule has 8 nitrogen and oxygen atoms in total. The lowest BCUT2D eigenvalue weighted by atomic mass is 9.91. The van der Waals surface area contributed by atoms with E-state index in [0.29, 0.717) is 17.4 Å². The minimum Gasteiger partial charge on any atom is -0.493 e. The van der Waals surface area contributed by atoms with Crippen LogP contribution in [0.5, 0.6) is 11.5 Å². The van der Waals surface area contributed by atoms with Gasteiger partial charge in [0, 0.05) is 31.6 Å². The first-order valence-corrected chi connectivity index (χ1v) is 11.5. The summed E-state index contributed by atoms with van der Waals surface area (Å²) >= 11 is 0. The molecule has 1 aromatic heterocycles. The van der Waals surface area contributed by atoms with Crippen molar-refractivity contribution in [3.63, 3.8) is 0 Å². The Morgan fingerprint density at radius 1 is 0.971 bits per heavy atom. The normalized spacial score (nSPS) is 17.6. The van der Waals surface area contributed by atoms with Crippen LogP contribution in [0.15, 0.2) is 60.9 Å². The molecule has 1 aliphatic carbocycles. The predicted molar refractivity (Wildman–Crippen MR) is 134 cm³/mol. The summed E-state index contributed by atoms with van der Waals surface area (Å²) in [7, 11) is 5.53. The number of amides is 1. The highest BCUT2D eigenvalue weighted by atomic mass is 16.5. The maximum Gasteiger partial charge on any atom is 0.286 e. The minimum absolute atomic E-state index is 0.0468. The Morgan fingerprint density at radius 2 is 1.62 bits per heavy atom. The zero-order valence-corrected chi connectivity index (χ0v) is 19.9. The van der Waals surface area contributed by atoms with E-state index in [-0.39, 0.29) is 23.8 Å². The van der Waals surface area contributed by atoms with E-state index < -0.39 is 0 Å². The Hall–Kier alpha value is -3.81. The van der Waals surface area contributed by atoms with Gasteiger partial charge in [-0.2, -0.15) is 4.98 Å². The lowest BCUT2D eigenvalue weighted by Gasteiger charge is -2.30.